The molecule has 0 aliphatic carbocycles. The smallest absolute Gasteiger partial charge is 0.227 e. The van der Waals surface area contributed by atoms with Gasteiger partial charge >= 0.3 is 0 Å². The Hall–Kier alpha value is -2.21. The van der Waals surface area contributed by atoms with Crippen LogP contribution in [0, 0.1) is 25.6 Å². The van der Waals surface area contributed by atoms with Crippen LogP contribution in [0.1, 0.15) is 22.5 Å². The van der Waals surface area contributed by atoms with Gasteiger partial charge in [0.2, 0.25) is 5.91 Å². The second kappa shape index (κ2) is 6.73. The molecule has 0 bridgehead atoms. The molecule has 128 valence electrons. The van der Waals surface area contributed by atoms with Gasteiger partial charge in [-0.15, -0.1) is 0 Å². The Morgan fingerprint density at radius 3 is 2.83 bits per heavy atom. The quantitative estimate of drug-likeness (QED) is 0.897. The molecule has 0 radical (unpaired) electrons. The predicted molar refractivity (Wildman–Crippen MR) is 87.9 cm³/mol. The molecule has 2 N–H and O–H groups in total. The van der Waals surface area contributed by atoms with Crippen molar-refractivity contribution < 1.29 is 14.3 Å². The number of carbonyl (C=O) groups excluding carboxylic acids is 1. The van der Waals surface area contributed by atoms with Gasteiger partial charge in [0.1, 0.15) is 5.82 Å². The molecule has 6 heteroatoms. The Kier molecular flexibility index (Phi) is 4.66. The molecule has 2 aromatic rings. The van der Waals surface area contributed by atoms with E-state index in [-0.39, 0.29) is 24.1 Å². The molecule has 0 saturated carbocycles. The third-order valence-electron chi connectivity index (χ3n) is 4.58. The van der Waals surface area contributed by atoms with Gasteiger partial charge in [0.25, 0.3) is 0 Å². The summed E-state index contributed by atoms with van der Waals surface area (Å²) in [4.78, 5) is 14.1. The zero-order chi connectivity index (χ0) is 17.3. The van der Waals surface area contributed by atoms with Crippen LogP contribution in [0.5, 0.6) is 0 Å². The maximum absolute atomic E-state index is 13.6. The van der Waals surface area contributed by atoms with Crippen LogP contribution in [-0.4, -0.2) is 45.3 Å². The SMILES string of the molecule is Cc1cc(C[C@@H]2CN(C(=O)Cc3ccc(C)c(F)c3)C[C@H]2O)n[nH]1. The zero-order valence-electron chi connectivity index (χ0n) is 13.9. The molecule has 1 amide bonds. The van der Waals surface area contributed by atoms with Gasteiger partial charge in [-0.25, -0.2) is 4.39 Å². The van der Waals surface area contributed by atoms with Gasteiger partial charge < -0.3 is 10.0 Å². The van der Waals surface area contributed by atoms with E-state index in [1.807, 2.05) is 13.0 Å². The van der Waals surface area contributed by atoms with E-state index in [0.29, 0.717) is 30.6 Å². The molecule has 24 heavy (non-hydrogen) atoms. The topological polar surface area (TPSA) is 69.2 Å². The molecule has 0 spiro atoms. The fourth-order valence-corrected chi connectivity index (χ4v) is 3.14. The van der Waals surface area contributed by atoms with Crippen molar-refractivity contribution in [1.82, 2.24) is 15.1 Å². The van der Waals surface area contributed by atoms with Gasteiger partial charge in [0, 0.05) is 24.7 Å². The number of carbonyl (C=O) groups is 1. The highest BCUT2D eigenvalue weighted by molar-refractivity contribution is 5.79. The molecule has 1 saturated heterocycles. The van der Waals surface area contributed by atoms with Gasteiger partial charge in [-0.05, 0) is 43.5 Å². The number of aromatic amines is 1. The summed E-state index contributed by atoms with van der Waals surface area (Å²) in [6, 6.07) is 6.81. The first kappa shape index (κ1) is 16.6. The number of nitrogens with one attached hydrogen (secondary N) is 1. The zero-order valence-corrected chi connectivity index (χ0v) is 13.9. The number of hydrogen-bond acceptors (Lipinski definition) is 3. The van der Waals surface area contributed by atoms with Crippen LogP contribution in [0.2, 0.25) is 0 Å². The molecule has 3 rings (SSSR count). The first-order chi connectivity index (χ1) is 11.4. The lowest BCUT2D eigenvalue weighted by molar-refractivity contribution is -0.129. The van der Waals surface area contributed by atoms with Gasteiger partial charge in [-0.1, -0.05) is 12.1 Å². The number of halogens is 1. The summed E-state index contributed by atoms with van der Waals surface area (Å²) in [7, 11) is 0. The minimum Gasteiger partial charge on any atom is -0.391 e. The number of β-amino-alcohol motifs (C(OH)–C–C–N with tert-alkyl or cyclic N) is 1. The largest absolute Gasteiger partial charge is 0.391 e. The third-order valence-corrected chi connectivity index (χ3v) is 4.58. The standard InChI is InChI=1S/C18H22FN3O2/c1-11-3-4-13(6-16(11)19)7-18(24)22-9-14(17(23)10-22)8-15-5-12(2)20-21-15/h3-6,14,17,23H,7-10H2,1-2H3,(H,20,21)/t14-,17-/m1/s1. The molecular weight excluding hydrogens is 309 g/mol. The van der Waals surface area contributed by atoms with Crippen LogP contribution in [0.3, 0.4) is 0 Å². The van der Waals surface area contributed by atoms with Crippen LogP contribution in [-0.2, 0) is 17.6 Å². The summed E-state index contributed by atoms with van der Waals surface area (Å²) in [5.74, 6) is -0.405. The Balaban J connectivity index is 1.60. The molecule has 5 nitrogen and oxygen atoms in total. The van der Waals surface area contributed by atoms with Crippen molar-refractivity contribution in [3.63, 3.8) is 0 Å². The second-order valence-electron chi connectivity index (χ2n) is 6.63. The highest BCUT2D eigenvalue weighted by Gasteiger charge is 2.34. The predicted octanol–water partition coefficient (Wildman–Crippen LogP) is 1.77. The average Bonchev–Trinajstić information content (AvgIpc) is 3.10. The summed E-state index contributed by atoms with van der Waals surface area (Å²) < 4.78 is 13.6. The average molecular weight is 331 g/mol. The van der Waals surface area contributed by atoms with Crippen molar-refractivity contribution in [2.75, 3.05) is 13.1 Å². The van der Waals surface area contributed by atoms with E-state index in [1.165, 1.54) is 6.07 Å². The molecule has 1 aromatic carbocycles. The lowest BCUT2D eigenvalue weighted by atomic mass is 10.0. The minimum absolute atomic E-state index is 0.0218. The van der Waals surface area contributed by atoms with Crippen molar-refractivity contribution >= 4 is 5.91 Å². The number of aliphatic hydroxyl groups is 1. The lowest BCUT2D eigenvalue weighted by Gasteiger charge is -2.16. The van der Waals surface area contributed by atoms with E-state index in [0.717, 1.165) is 11.4 Å². The van der Waals surface area contributed by atoms with E-state index in [9.17, 15) is 14.3 Å². The molecule has 2 heterocycles. The fourth-order valence-electron chi connectivity index (χ4n) is 3.14. The number of hydrogen-bond donors (Lipinski definition) is 2. The summed E-state index contributed by atoms with van der Waals surface area (Å²) >= 11 is 0. The molecule has 1 aliphatic heterocycles. The summed E-state index contributed by atoms with van der Waals surface area (Å²) in [5, 5.41) is 17.3. The lowest BCUT2D eigenvalue weighted by Crippen LogP contribution is -2.31. The Bertz CT molecular complexity index is 744. The number of likely N-dealkylation sites (tertiary alicyclic amines) is 1. The highest BCUT2D eigenvalue weighted by Crippen LogP contribution is 2.22. The first-order valence-corrected chi connectivity index (χ1v) is 8.14. The van der Waals surface area contributed by atoms with E-state index in [4.69, 9.17) is 0 Å². The number of amides is 1. The van der Waals surface area contributed by atoms with Crippen LogP contribution in [0.25, 0.3) is 0 Å². The number of aliphatic hydroxyl groups excluding tert-OH is 1. The number of aryl methyl sites for hydroxylation is 2. The first-order valence-electron chi connectivity index (χ1n) is 8.14. The second-order valence-corrected chi connectivity index (χ2v) is 6.63. The normalized spacial score (nSPS) is 20.6. The van der Waals surface area contributed by atoms with Crippen molar-refractivity contribution in [3.8, 4) is 0 Å². The number of H-pyrrole nitrogens is 1. The fraction of sp³-hybridized carbons (Fsp3) is 0.444. The number of nitrogens with zero attached hydrogens (tertiary/aromatic N) is 2. The summed E-state index contributed by atoms with van der Waals surface area (Å²) in [6.07, 6.45) is 0.229. The maximum atomic E-state index is 13.6. The van der Waals surface area contributed by atoms with Crippen molar-refractivity contribution in [2.24, 2.45) is 5.92 Å². The van der Waals surface area contributed by atoms with Crippen LogP contribution >= 0.6 is 0 Å². The molecule has 2 atom stereocenters. The summed E-state index contributed by atoms with van der Waals surface area (Å²) in [5.41, 5.74) is 3.10. The molecule has 1 fully saturated rings. The molecule has 1 aromatic heterocycles. The van der Waals surface area contributed by atoms with Crippen LogP contribution in [0.15, 0.2) is 24.3 Å². The van der Waals surface area contributed by atoms with E-state index >= 15 is 0 Å². The highest BCUT2D eigenvalue weighted by atomic mass is 19.1. The Morgan fingerprint density at radius 2 is 2.17 bits per heavy atom. The number of benzene rings is 1. The van der Waals surface area contributed by atoms with E-state index in [1.54, 1.807) is 24.0 Å². The molecular formula is C18H22FN3O2. The Labute approximate surface area is 140 Å². The molecule has 0 unspecified atom stereocenters. The number of aromatic nitrogens is 2. The van der Waals surface area contributed by atoms with Crippen LogP contribution < -0.4 is 0 Å². The van der Waals surface area contributed by atoms with Gasteiger partial charge in [-0.2, -0.15) is 5.10 Å². The van der Waals surface area contributed by atoms with E-state index in [2.05, 4.69) is 10.2 Å². The molecule has 1 aliphatic rings. The summed E-state index contributed by atoms with van der Waals surface area (Å²) in [6.45, 7) is 4.44. The Morgan fingerprint density at radius 1 is 1.38 bits per heavy atom. The maximum Gasteiger partial charge on any atom is 0.227 e. The van der Waals surface area contributed by atoms with Gasteiger partial charge in [0.05, 0.1) is 18.2 Å². The van der Waals surface area contributed by atoms with Crippen molar-refractivity contribution in [1.29, 1.82) is 0 Å². The van der Waals surface area contributed by atoms with Crippen molar-refractivity contribution in [2.45, 2.75) is 32.8 Å². The van der Waals surface area contributed by atoms with Gasteiger partial charge in [0.15, 0.2) is 0 Å². The monoisotopic (exact) mass is 331 g/mol. The van der Waals surface area contributed by atoms with E-state index < -0.39 is 6.10 Å². The minimum atomic E-state index is -0.555. The number of rotatable bonds is 4. The third kappa shape index (κ3) is 3.64. The van der Waals surface area contributed by atoms with Crippen molar-refractivity contribution in [3.05, 3.63) is 52.6 Å². The van der Waals surface area contributed by atoms with Crippen LogP contribution in [0.4, 0.5) is 4.39 Å². The van der Waals surface area contributed by atoms with Gasteiger partial charge in [-0.3, -0.25) is 9.89 Å².